The van der Waals surface area contributed by atoms with Gasteiger partial charge in [-0.2, -0.15) is 0 Å². The number of carboxylic acid groups (broad SMARTS) is 1. The molecule has 90 valence electrons. The quantitative estimate of drug-likeness (QED) is 0.892. The highest BCUT2D eigenvalue weighted by atomic mass is 79.9. The third-order valence-electron chi connectivity index (χ3n) is 1.61. The van der Waals surface area contributed by atoms with Gasteiger partial charge in [0.2, 0.25) is 0 Å². The van der Waals surface area contributed by atoms with E-state index in [9.17, 15) is 9.18 Å². The molecule has 4 nitrogen and oxygen atoms in total. The summed E-state index contributed by atoms with van der Waals surface area (Å²) in [4.78, 5) is 10.8. The van der Waals surface area contributed by atoms with Crippen LogP contribution in [-0.2, 0) is 0 Å². The molecule has 7 heteroatoms. The number of hydrogen-bond donors (Lipinski definition) is 2. The van der Waals surface area contributed by atoms with Gasteiger partial charge in [0.05, 0.1) is 0 Å². The summed E-state index contributed by atoms with van der Waals surface area (Å²) in [6, 6.07) is 2.46. The Labute approximate surface area is 106 Å². The van der Waals surface area contributed by atoms with E-state index in [4.69, 9.17) is 15.6 Å². The van der Waals surface area contributed by atoms with Gasteiger partial charge in [0.1, 0.15) is 23.7 Å². The first-order chi connectivity index (χ1) is 7.06. The maximum Gasteiger partial charge on any atom is 0.342 e. The van der Waals surface area contributed by atoms with Gasteiger partial charge in [0.25, 0.3) is 0 Å². The van der Waals surface area contributed by atoms with Crippen LogP contribution in [-0.4, -0.2) is 24.2 Å². The summed E-state index contributed by atoms with van der Waals surface area (Å²) in [5.41, 5.74) is 4.72. The molecule has 1 rings (SSSR count). The van der Waals surface area contributed by atoms with Crippen molar-refractivity contribution in [3.63, 3.8) is 0 Å². The molecule has 0 atom stereocenters. The van der Waals surface area contributed by atoms with Gasteiger partial charge in [-0.15, -0.1) is 12.4 Å². The van der Waals surface area contributed by atoms with Crippen LogP contribution < -0.4 is 10.5 Å². The number of halogens is 3. The fourth-order valence-electron chi connectivity index (χ4n) is 1.04. The SMILES string of the molecule is Cl.NCCOc1cc(Br)cc(F)c1C(=O)O. The monoisotopic (exact) mass is 313 g/mol. The molecule has 0 amide bonds. The molecule has 0 aliphatic heterocycles. The Balaban J connectivity index is 0.00000225. The second-order valence-electron chi connectivity index (χ2n) is 2.70. The first-order valence-electron chi connectivity index (χ1n) is 4.11. The van der Waals surface area contributed by atoms with Crippen molar-refractivity contribution < 1.29 is 19.0 Å². The minimum atomic E-state index is -1.37. The van der Waals surface area contributed by atoms with Crippen LogP contribution in [0.25, 0.3) is 0 Å². The molecule has 0 unspecified atom stereocenters. The van der Waals surface area contributed by atoms with Crippen LogP contribution in [0.4, 0.5) is 4.39 Å². The van der Waals surface area contributed by atoms with E-state index in [2.05, 4.69) is 15.9 Å². The number of ether oxygens (including phenoxy) is 1. The lowest BCUT2D eigenvalue weighted by Gasteiger charge is -2.09. The van der Waals surface area contributed by atoms with Gasteiger partial charge < -0.3 is 15.6 Å². The molecule has 1 aromatic carbocycles. The largest absolute Gasteiger partial charge is 0.491 e. The molecule has 0 aliphatic carbocycles. The van der Waals surface area contributed by atoms with Crippen LogP contribution in [0.1, 0.15) is 10.4 Å². The maximum atomic E-state index is 13.3. The lowest BCUT2D eigenvalue weighted by Crippen LogP contribution is -2.13. The third-order valence-corrected chi connectivity index (χ3v) is 2.07. The topological polar surface area (TPSA) is 72.5 Å². The van der Waals surface area contributed by atoms with Gasteiger partial charge in [-0.25, -0.2) is 9.18 Å². The molecule has 0 saturated carbocycles. The zero-order chi connectivity index (χ0) is 11.4. The van der Waals surface area contributed by atoms with Crippen LogP contribution in [0, 0.1) is 5.82 Å². The number of carbonyl (C=O) groups is 1. The van der Waals surface area contributed by atoms with Crippen LogP contribution >= 0.6 is 28.3 Å². The lowest BCUT2D eigenvalue weighted by atomic mass is 10.2. The molecule has 0 aromatic heterocycles. The molecule has 1 aromatic rings. The fourth-order valence-corrected chi connectivity index (χ4v) is 1.45. The van der Waals surface area contributed by atoms with Crippen molar-refractivity contribution in [1.29, 1.82) is 0 Å². The van der Waals surface area contributed by atoms with Gasteiger partial charge in [-0.3, -0.25) is 0 Å². The number of rotatable bonds is 4. The molecule has 3 N–H and O–H groups in total. The minimum Gasteiger partial charge on any atom is -0.491 e. The van der Waals surface area contributed by atoms with E-state index in [0.29, 0.717) is 4.47 Å². The van der Waals surface area contributed by atoms with Crippen LogP contribution in [0.2, 0.25) is 0 Å². The Kier molecular flexibility index (Phi) is 6.32. The summed E-state index contributed by atoms with van der Waals surface area (Å²) in [5.74, 6) is -2.24. The van der Waals surface area contributed by atoms with E-state index in [-0.39, 0.29) is 31.3 Å². The standard InChI is InChI=1S/C9H9BrFNO3.ClH/c10-5-3-6(11)8(9(13)14)7(4-5)15-2-1-12;/h3-4H,1-2,12H2,(H,13,14);1H. The van der Waals surface area contributed by atoms with E-state index < -0.39 is 17.3 Å². The Bertz CT molecular complexity index is 389. The zero-order valence-corrected chi connectivity index (χ0v) is 10.5. The highest BCUT2D eigenvalue weighted by Crippen LogP contribution is 2.26. The number of nitrogens with two attached hydrogens (primary N) is 1. The van der Waals surface area contributed by atoms with Gasteiger partial charge in [0.15, 0.2) is 0 Å². The van der Waals surface area contributed by atoms with Crippen LogP contribution in [0.5, 0.6) is 5.75 Å². The summed E-state index contributed by atoms with van der Waals surface area (Å²) in [6.45, 7) is 0.364. The van der Waals surface area contributed by atoms with Gasteiger partial charge in [-0.1, -0.05) is 15.9 Å². The molecule has 0 spiro atoms. The molecule has 0 radical (unpaired) electrons. The van der Waals surface area contributed by atoms with Crippen molar-refractivity contribution in [3.8, 4) is 5.75 Å². The van der Waals surface area contributed by atoms with Gasteiger partial charge >= 0.3 is 5.97 Å². The second kappa shape index (κ2) is 6.67. The van der Waals surface area contributed by atoms with Crippen molar-refractivity contribution in [1.82, 2.24) is 0 Å². The van der Waals surface area contributed by atoms with Crippen molar-refractivity contribution in [3.05, 3.63) is 28.0 Å². The summed E-state index contributed by atoms with van der Waals surface area (Å²) in [6.07, 6.45) is 0. The average molecular weight is 315 g/mol. The number of carboxylic acids is 1. The molecular formula is C9H10BrClFNO3. The van der Waals surface area contributed by atoms with Gasteiger partial charge in [-0.05, 0) is 12.1 Å². The van der Waals surface area contributed by atoms with Crippen molar-refractivity contribution >= 4 is 34.3 Å². The van der Waals surface area contributed by atoms with E-state index >= 15 is 0 Å². The minimum absolute atomic E-state index is 0. The predicted molar refractivity (Wildman–Crippen MR) is 62.9 cm³/mol. The fraction of sp³-hybridized carbons (Fsp3) is 0.222. The number of aromatic carboxylic acids is 1. The Hall–Kier alpha value is -0.850. The predicted octanol–water partition coefficient (Wildman–Crippen LogP) is 2.05. The lowest BCUT2D eigenvalue weighted by molar-refractivity contribution is 0.0687. The Morgan fingerprint density at radius 1 is 1.56 bits per heavy atom. The number of hydrogen-bond acceptors (Lipinski definition) is 3. The average Bonchev–Trinajstić information content (AvgIpc) is 2.12. The molecular weight excluding hydrogens is 304 g/mol. The second-order valence-corrected chi connectivity index (χ2v) is 3.62. The smallest absolute Gasteiger partial charge is 0.342 e. The molecule has 0 fully saturated rings. The van der Waals surface area contributed by atoms with E-state index in [1.165, 1.54) is 6.07 Å². The zero-order valence-electron chi connectivity index (χ0n) is 8.07. The van der Waals surface area contributed by atoms with E-state index in [1.54, 1.807) is 0 Å². The van der Waals surface area contributed by atoms with Crippen LogP contribution in [0.3, 0.4) is 0 Å². The maximum absolute atomic E-state index is 13.3. The normalized spacial score (nSPS) is 9.44. The van der Waals surface area contributed by atoms with Crippen molar-refractivity contribution in [2.24, 2.45) is 5.73 Å². The third kappa shape index (κ3) is 3.62. The summed E-state index contributed by atoms with van der Waals surface area (Å²) in [5, 5.41) is 8.77. The highest BCUT2D eigenvalue weighted by Gasteiger charge is 2.18. The van der Waals surface area contributed by atoms with Gasteiger partial charge in [0, 0.05) is 11.0 Å². The number of benzene rings is 1. The highest BCUT2D eigenvalue weighted by molar-refractivity contribution is 9.10. The summed E-state index contributed by atoms with van der Waals surface area (Å²) in [7, 11) is 0. The Morgan fingerprint density at radius 3 is 2.69 bits per heavy atom. The molecule has 0 saturated heterocycles. The van der Waals surface area contributed by atoms with E-state index in [1.807, 2.05) is 0 Å². The molecule has 0 bridgehead atoms. The van der Waals surface area contributed by atoms with Crippen LogP contribution in [0.15, 0.2) is 16.6 Å². The summed E-state index contributed by atoms with van der Waals surface area (Å²) < 4.78 is 18.7. The first-order valence-corrected chi connectivity index (χ1v) is 4.90. The van der Waals surface area contributed by atoms with Crippen molar-refractivity contribution in [2.75, 3.05) is 13.2 Å². The van der Waals surface area contributed by atoms with Crippen molar-refractivity contribution in [2.45, 2.75) is 0 Å². The Morgan fingerprint density at radius 2 is 2.19 bits per heavy atom. The molecule has 0 aliphatic rings. The first kappa shape index (κ1) is 15.2. The van der Waals surface area contributed by atoms with E-state index in [0.717, 1.165) is 6.07 Å². The summed E-state index contributed by atoms with van der Waals surface area (Å²) >= 11 is 3.04. The molecule has 16 heavy (non-hydrogen) atoms. The molecule has 0 heterocycles.